The molecule has 2 fully saturated rings. The van der Waals surface area contributed by atoms with Gasteiger partial charge in [0.2, 0.25) is 0 Å². The van der Waals surface area contributed by atoms with Crippen molar-refractivity contribution in [3.05, 3.63) is 59.2 Å². The Balaban J connectivity index is 1.33. The number of benzene rings is 2. The van der Waals surface area contributed by atoms with Gasteiger partial charge in [-0.05, 0) is 80.4 Å². The summed E-state index contributed by atoms with van der Waals surface area (Å²) in [4.78, 5) is 5.14. The van der Waals surface area contributed by atoms with Crippen LogP contribution in [0.2, 0.25) is 0 Å². The van der Waals surface area contributed by atoms with E-state index < -0.39 is 0 Å². The molecule has 0 radical (unpaired) electrons. The largest absolute Gasteiger partial charge is 0.504 e. The van der Waals surface area contributed by atoms with Gasteiger partial charge in [-0.1, -0.05) is 30.3 Å². The Morgan fingerprint density at radius 1 is 1.09 bits per heavy atom. The molecule has 5 nitrogen and oxygen atoms in total. The van der Waals surface area contributed by atoms with E-state index in [0.29, 0.717) is 17.8 Å². The van der Waals surface area contributed by atoms with Crippen LogP contribution in [0.15, 0.2) is 42.5 Å². The zero-order chi connectivity index (χ0) is 22.3. The van der Waals surface area contributed by atoms with Crippen molar-refractivity contribution in [1.82, 2.24) is 9.80 Å². The van der Waals surface area contributed by atoms with Crippen LogP contribution in [-0.2, 0) is 17.8 Å². The number of likely N-dealkylation sites (tertiary alicyclic amines) is 1. The van der Waals surface area contributed by atoms with Crippen molar-refractivity contribution in [3.8, 4) is 11.5 Å². The van der Waals surface area contributed by atoms with Crippen LogP contribution >= 0.6 is 0 Å². The van der Waals surface area contributed by atoms with Crippen molar-refractivity contribution < 1.29 is 14.6 Å². The molecule has 2 aliphatic rings. The van der Waals surface area contributed by atoms with E-state index >= 15 is 0 Å². The van der Waals surface area contributed by atoms with Crippen molar-refractivity contribution in [2.45, 2.75) is 51.8 Å². The van der Waals surface area contributed by atoms with E-state index in [9.17, 15) is 5.11 Å². The number of piperidine rings is 1. The molecule has 0 amide bonds. The summed E-state index contributed by atoms with van der Waals surface area (Å²) in [5, 5.41) is 10.2. The molecule has 2 aromatic carbocycles. The fraction of sp³-hybridized carbons (Fsp3) is 0.556. The number of rotatable bonds is 9. The second-order valence-electron chi connectivity index (χ2n) is 9.48. The molecule has 174 valence electrons. The van der Waals surface area contributed by atoms with E-state index in [1.807, 2.05) is 12.1 Å². The fourth-order valence-electron chi connectivity index (χ4n) is 5.09. The molecular weight excluding hydrogens is 400 g/mol. The monoisotopic (exact) mass is 438 g/mol. The summed E-state index contributed by atoms with van der Waals surface area (Å²) >= 11 is 0. The summed E-state index contributed by atoms with van der Waals surface area (Å²) in [6.07, 6.45) is 5.13. The first-order valence-corrected chi connectivity index (χ1v) is 12.1. The quantitative estimate of drug-likeness (QED) is 0.620. The van der Waals surface area contributed by atoms with Crippen molar-refractivity contribution in [2.75, 3.05) is 39.9 Å². The first-order valence-electron chi connectivity index (χ1n) is 12.1. The molecule has 0 aromatic heterocycles. The number of phenols is 1. The molecule has 0 unspecified atom stereocenters. The average molecular weight is 439 g/mol. The third-order valence-electron chi connectivity index (χ3n) is 7.01. The van der Waals surface area contributed by atoms with Gasteiger partial charge >= 0.3 is 0 Å². The lowest BCUT2D eigenvalue weighted by Crippen LogP contribution is -2.40. The highest BCUT2D eigenvalue weighted by Crippen LogP contribution is 2.28. The van der Waals surface area contributed by atoms with E-state index in [1.54, 1.807) is 7.11 Å². The summed E-state index contributed by atoms with van der Waals surface area (Å²) in [5.74, 6) is 1.45. The van der Waals surface area contributed by atoms with Gasteiger partial charge in [0.1, 0.15) is 0 Å². The maximum Gasteiger partial charge on any atom is 0.160 e. The number of phenolic OH excluding ortho intramolecular Hbond substituents is 1. The standard InChI is InChI=1S/C27H38N2O3/c1-21-6-3-4-7-24(21)19-28-13-11-22(12-14-28)17-29(20-25-8-5-15-32-25)18-23-9-10-27(31-2)26(30)16-23/h3-4,6-7,9-10,16,22,25,30H,5,8,11-15,17-20H2,1-2H3/t25-/m1/s1. The van der Waals surface area contributed by atoms with E-state index in [-0.39, 0.29) is 5.75 Å². The lowest BCUT2D eigenvalue weighted by Gasteiger charge is -2.36. The van der Waals surface area contributed by atoms with E-state index in [1.165, 1.54) is 30.4 Å². The smallest absolute Gasteiger partial charge is 0.160 e. The van der Waals surface area contributed by atoms with Gasteiger partial charge in [-0.25, -0.2) is 0 Å². The molecular formula is C27H38N2O3. The second kappa shape index (κ2) is 11.2. The van der Waals surface area contributed by atoms with E-state index in [4.69, 9.17) is 9.47 Å². The van der Waals surface area contributed by atoms with Crippen LogP contribution in [0.3, 0.4) is 0 Å². The third-order valence-corrected chi connectivity index (χ3v) is 7.01. The van der Waals surface area contributed by atoms with Crippen molar-refractivity contribution in [3.63, 3.8) is 0 Å². The lowest BCUT2D eigenvalue weighted by molar-refractivity contribution is 0.0570. The van der Waals surface area contributed by atoms with Crippen LogP contribution in [0.5, 0.6) is 11.5 Å². The van der Waals surface area contributed by atoms with Gasteiger partial charge in [0.05, 0.1) is 13.2 Å². The molecule has 2 saturated heterocycles. The second-order valence-corrected chi connectivity index (χ2v) is 9.48. The molecule has 1 atom stereocenters. The summed E-state index contributed by atoms with van der Waals surface area (Å²) in [6, 6.07) is 14.5. The van der Waals surface area contributed by atoms with Crippen molar-refractivity contribution in [2.24, 2.45) is 5.92 Å². The Bertz CT molecular complexity index is 858. The normalized spacial score (nSPS) is 20.2. The zero-order valence-electron chi connectivity index (χ0n) is 19.6. The maximum absolute atomic E-state index is 10.2. The van der Waals surface area contributed by atoms with E-state index in [0.717, 1.165) is 57.9 Å². The minimum Gasteiger partial charge on any atom is -0.504 e. The van der Waals surface area contributed by atoms with Crippen LogP contribution in [-0.4, -0.2) is 60.9 Å². The van der Waals surface area contributed by atoms with Crippen molar-refractivity contribution >= 4 is 0 Å². The highest BCUT2D eigenvalue weighted by molar-refractivity contribution is 5.41. The number of nitrogens with zero attached hydrogens (tertiary/aromatic N) is 2. The molecule has 32 heavy (non-hydrogen) atoms. The summed E-state index contributed by atoms with van der Waals surface area (Å²) < 4.78 is 11.2. The first-order chi connectivity index (χ1) is 15.6. The maximum atomic E-state index is 10.2. The van der Waals surface area contributed by atoms with Gasteiger partial charge in [-0.3, -0.25) is 9.80 Å². The minimum absolute atomic E-state index is 0.214. The number of methoxy groups -OCH3 is 1. The molecule has 2 aromatic rings. The van der Waals surface area contributed by atoms with Crippen LogP contribution in [0, 0.1) is 12.8 Å². The number of aryl methyl sites for hydroxylation is 1. The molecule has 0 spiro atoms. The summed E-state index contributed by atoms with van der Waals surface area (Å²) in [6.45, 7) is 9.37. The van der Waals surface area contributed by atoms with Crippen LogP contribution in [0.4, 0.5) is 0 Å². The Morgan fingerprint density at radius 2 is 1.91 bits per heavy atom. The first kappa shape index (κ1) is 23.1. The molecule has 2 heterocycles. The predicted molar refractivity (Wildman–Crippen MR) is 128 cm³/mol. The van der Waals surface area contributed by atoms with Gasteiger partial charge in [-0.2, -0.15) is 0 Å². The number of ether oxygens (including phenoxy) is 2. The van der Waals surface area contributed by atoms with Crippen LogP contribution in [0.25, 0.3) is 0 Å². The Kier molecular flexibility index (Phi) is 8.06. The van der Waals surface area contributed by atoms with Gasteiger partial charge < -0.3 is 14.6 Å². The molecule has 1 N–H and O–H groups in total. The highest BCUT2D eigenvalue weighted by Gasteiger charge is 2.25. The summed E-state index contributed by atoms with van der Waals surface area (Å²) in [5.41, 5.74) is 3.96. The Labute approximate surface area is 192 Å². The SMILES string of the molecule is COc1ccc(CN(CC2CCN(Cc3ccccc3C)CC2)C[C@H]2CCCO2)cc1O. The number of aromatic hydroxyl groups is 1. The van der Waals surface area contributed by atoms with Crippen LogP contribution < -0.4 is 4.74 Å². The van der Waals surface area contributed by atoms with E-state index in [2.05, 4.69) is 47.1 Å². The molecule has 4 rings (SSSR count). The van der Waals surface area contributed by atoms with Crippen molar-refractivity contribution in [1.29, 1.82) is 0 Å². The minimum atomic E-state index is 0.214. The van der Waals surface area contributed by atoms with Crippen LogP contribution in [0.1, 0.15) is 42.4 Å². The molecule has 0 saturated carbocycles. The zero-order valence-corrected chi connectivity index (χ0v) is 19.6. The van der Waals surface area contributed by atoms with Gasteiger partial charge in [0.25, 0.3) is 0 Å². The van der Waals surface area contributed by atoms with Gasteiger partial charge in [-0.15, -0.1) is 0 Å². The van der Waals surface area contributed by atoms with Gasteiger partial charge in [0, 0.05) is 32.8 Å². The topological polar surface area (TPSA) is 45.2 Å². The molecule has 0 bridgehead atoms. The lowest BCUT2D eigenvalue weighted by atomic mass is 9.95. The Hall–Kier alpha value is -2.08. The highest BCUT2D eigenvalue weighted by atomic mass is 16.5. The Morgan fingerprint density at radius 3 is 2.59 bits per heavy atom. The summed E-state index contributed by atoms with van der Waals surface area (Å²) in [7, 11) is 1.59. The number of hydrogen-bond donors (Lipinski definition) is 1. The average Bonchev–Trinajstić information content (AvgIpc) is 3.30. The molecule has 0 aliphatic carbocycles. The third kappa shape index (κ3) is 6.25. The molecule has 5 heteroatoms. The van der Waals surface area contributed by atoms with Gasteiger partial charge in [0.15, 0.2) is 11.5 Å². The molecule has 2 aliphatic heterocycles. The predicted octanol–water partition coefficient (Wildman–Crippen LogP) is 4.60. The fourth-order valence-corrected chi connectivity index (χ4v) is 5.09. The number of hydrogen-bond acceptors (Lipinski definition) is 5.